The molecule has 0 saturated heterocycles. The Bertz CT molecular complexity index is 470. The van der Waals surface area contributed by atoms with Gasteiger partial charge in [-0.15, -0.1) is 0 Å². The van der Waals surface area contributed by atoms with E-state index in [-0.39, 0.29) is 5.97 Å². The first-order valence-corrected chi connectivity index (χ1v) is 7.55. The van der Waals surface area contributed by atoms with Crippen molar-refractivity contribution in [3.8, 4) is 0 Å². The molecule has 1 aromatic heterocycles. The maximum absolute atomic E-state index is 11.5. The summed E-state index contributed by atoms with van der Waals surface area (Å²) in [7, 11) is 5.55. The quantitative estimate of drug-likeness (QED) is 0.839. The maximum atomic E-state index is 11.5. The van der Waals surface area contributed by atoms with Gasteiger partial charge in [-0.1, -0.05) is 6.07 Å². The zero-order valence-corrected chi connectivity index (χ0v) is 13.1. The van der Waals surface area contributed by atoms with Gasteiger partial charge >= 0.3 is 5.97 Å². The zero-order chi connectivity index (χ0) is 15.2. The normalized spacial score (nSPS) is 22.3. The third-order valence-electron chi connectivity index (χ3n) is 4.34. The molecule has 1 aromatic rings. The minimum atomic E-state index is -0.381. The van der Waals surface area contributed by atoms with Gasteiger partial charge in [0.15, 0.2) is 0 Å². The molecule has 0 aliphatic heterocycles. The highest BCUT2D eigenvalue weighted by atomic mass is 16.5. The van der Waals surface area contributed by atoms with E-state index in [1.165, 1.54) is 32.8 Å². The van der Waals surface area contributed by atoms with Crippen molar-refractivity contribution in [1.29, 1.82) is 0 Å². The van der Waals surface area contributed by atoms with E-state index < -0.39 is 0 Å². The summed E-state index contributed by atoms with van der Waals surface area (Å²) in [4.78, 5) is 18.2. The van der Waals surface area contributed by atoms with Gasteiger partial charge in [0.1, 0.15) is 5.69 Å². The van der Waals surface area contributed by atoms with Crippen molar-refractivity contribution in [2.75, 3.05) is 21.2 Å². The van der Waals surface area contributed by atoms with Gasteiger partial charge in [0.2, 0.25) is 0 Å². The van der Waals surface area contributed by atoms with Crippen molar-refractivity contribution >= 4 is 5.97 Å². The number of ether oxygens (including phenoxy) is 1. The maximum Gasteiger partial charge on any atom is 0.356 e. The lowest BCUT2D eigenvalue weighted by Gasteiger charge is -2.34. The molecule has 1 aliphatic carbocycles. The van der Waals surface area contributed by atoms with Crippen molar-refractivity contribution in [3.63, 3.8) is 0 Å². The van der Waals surface area contributed by atoms with Crippen LogP contribution in [-0.4, -0.2) is 49.1 Å². The van der Waals surface area contributed by atoms with E-state index in [9.17, 15) is 4.79 Å². The fourth-order valence-electron chi connectivity index (χ4n) is 2.98. The van der Waals surface area contributed by atoms with Crippen LogP contribution in [0.15, 0.2) is 18.2 Å². The molecule has 1 saturated carbocycles. The molecule has 1 fully saturated rings. The fourth-order valence-corrected chi connectivity index (χ4v) is 2.98. The molecule has 0 aromatic carbocycles. The molecule has 1 heterocycles. The summed E-state index contributed by atoms with van der Waals surface area (Å²) in [6.45, 7) is 0.764. The van der Waals surface area contributed by atoms with Crippen LogP contribution in [-0.2, 0) is 11.3 Å². The molecular formula is C16H25N3O2. The highest BCUT2D eigenvalue weighted by Gasteiger charge is 2.23. The monoisotopic (exact) mass is 291 g/mol. The van der Waals surface area contributed by atoms with Crippen LogP contribution in [0.1, 0.15) is 41.9 Å². The number of pyridine rings is 1. The lowest BCUT2D eigenvalue weighted by Crippen LogP contribution is -2.39. The van der Waals surface area contributed by atoms with Gasteiger partial charge in [0, 0.05) is 18.6 Å². The molecule has 0 unspecified atom stereocenters. The Morgan fingerprint density at radius 1 is 1.38 bits per heavy atom. The van der Waals surface area contributed by atoms with Crippen LogP contribution in [0.5, 0.6) is 0 Å². The van der Waals surface area contributed by atoms with Crippen molar-refractivity contribution in [3.05, 3.63) is 29.6 Å². The van der Waals surface area contributed by atoms with E-state index in [0.717, 1.165) is 12.2 Å². The van der Waals surface area contributed by atoms with Crippen LogP contribution >= 0.6 is 0 Å². The van der Waals surface area contributed by atoms with E-state index in [0.29, 0.717) is 17.8 Å². The molecule has 5 nitrogen and oxygen atoms in total. The number of aromatic nitrogens is 1. The number of hydrogen-bond acceptors (Lipinski definition) is 5. The van der Waals surface area contributed by atoms with Crippen LogP contribution in [0, 0.1) is 0 Å². The second-order valence-corrected chi connectivity index (χ2v) is 5.71. The van der Waals surface area contributed by atoms with E-state index in [2.05, 4.69) is 22.2 Å². The molecule has 1 aliphatic rings. The van der Waals surface area contributed by atoms with Gasteiger partial charge in [-0.3, -0.25) is 4.90 Å². The second kappa shape index (κ2) is 7.52. The van der Waals surface area contributed by atoms with Crippen LogP contribution in [0.2, 0.25) is 0 Å². The molecule has 5 heteroatoms. The van der Waals surface area contributed by atoms with Crippen molar-refractivity contribution < 1.29 is 9.53 Å². The zero-order valence-electron chi connectivity index (χ0n) is 13.1. The summed E-state index contributed by atoms with van der Waals surface area (Å²) in [5.41, 5.74) is 1.29. The Balaban J connectivity index is 1.93. The fraction of sp³-hybridized carbons (Fsp3) is 0.625. The van der Waals surface area contributed by atoms with Crippen LogP contribution in [0.3, 0.4) is 0 Å². The lowest BCUT2D eigenvalue weighted by atomic mass is 9.90. The number of rotatable bonds is 5. The third-order valence-corrected chi connectivity index (χ3v) is 4.34. The topological polar surface area (TPSA) is 54.5 Å². The Morgan fingerprint density at radius 2 is 2.10 bits per heavy atom. The van der Waals surface area contributed by atoms with Gasteiger partial charge in [-0.05, 0) is 51.9 Å². The number of methoxy groups -OCH3 is 1. The molecule has 0 bridgehead atoms. The average molecular weight is 291 g/mol. The molecule has 1 N–H and O–H groups in total. The first-order chi connectivity index (χ1) is 10.1. The Morgan fingerprint density at radius 3 is 2.71 bits per heavy atom. The summed E-state index contributed by atoms with van der Waals surface area (Å²) in [6.07, 6.45) is 4.86. The smallest absolute Gasteiger partial charge is 0.356 e. The van der Waals surface area contributed by atoms with E-state index in [1.807, 2.05) is 19.2 Å². The number of hydrogen-bond donors (Lipinski definition) is 1. The third kappa shape index (κ3) is 4.25. The first-order valence-electron chi connectivity index (χ1n) is 7.55. The summed E-state index contributed by atoms with van der Waals surface area (Å²) >= 11 is 0. The molecule has 0 spiro atoms. The Labute approximate surface area is 126 Å². The highest BCUT2D eigenvalue weighted by Crippen LogP contribution is 2.23. The molecule has 0 radical (unpaired) electrons. The van der Waals surface area contributed by atoms with Crippen LogP contribution < -0.4 is 5.32 Å². The average Bonchev–Trinajstić information content (AvgIpc) is 2.54. The summed E-state index contributed by atoms with van der Waals surface area (Å²) < 4.78 is 4.71. The van der Waals surface area contributed by atoms with E-state index in [1.54, 1.807) is 6.07 Å². The van der Waals surface area contributed by atoms with Gasteiger partial charge < -0.3 is 10.1 Å². The lowest BCUT2D eigenvalue weighted by molar-refractivity contribution is 0.0593. The first kappa shape index (κ1) is 15.9. The molecule has 0 amide bonds. The number of nitrogens with one attached hydrogen (secondary N) is 1. The summed E-state index contributed by atoms with van der Waals surface area (Å²) in [6, 6.07) is 6.77. The van der Waals surface area contributed by atoms with Gasteiger partial charge in [-0.2, -0.15) is 0 Å². The Hall–Kier alpha value is -1.46. The van der Waals surface area contributed by atoms with Gasteiger partial charge in [0.25, 0.3) is 0 Å². The standard InChI is InChI=1S/C16H25N3O2/c1-17-12-7-9-14(10-8-12)19(2)11-13-5-4-6-15(18-13)16(20)21-3/h4-6,12,14,17H,7-11H2,1-3H3. The van der Waals surface area contributed by atoms with E-state index in [4.69, 9.17) is 4.74 Å². The van der Waals surface area contributed by atoms with Crippen LogP contribution in [0.4, 0.5) is 0 Å². The van der Waals surface area contributed by atoms with Gasteiger partial charge in [0.05, 0.1) is 12.8 Å². The summed E-state index contributed by atoms with van der Waals surface area (Å²) in [5, 5.41) is 3.36. The summed E-state index contributed by atoms with van der Waals surface area (Å²) in [5.74, 6) is -0.381. The van der Waals surface area contributed by atoms with Crippen molar-refractivity contribution in [1.82, 2.24) is 15.2 Å². The minimum absolute atomic E-state index is 0.377. The number of carbonyl (C=O) groups excluding carboxylic acids is 1. The molecule has 21 heavy (non-hydrogen) atoms. The molecular weight excluding hydrogens is 266 g/mol. The molecule has 116 valence electrons. The SMILES string of the molecule is CNC1CCC(N(C)Cc2cccc(C(=O)OC)n2)CC1. The van der Waals surface area contributed by atoms with Crippen molar-refractivity contribution in [2.24, 2.45) is 0 Å². The van der Waals surface area contributed by atoms with E-state index >= 15 is 0 Å². The number of nitrogens with zero attached hydrogens (tertiary/aromatic N) is 2. The molecule has 2 rings (SSSR count). The number of esters is 1. The number of carbonyl (C=O) groups is 1. The minimum Gasteiger partial charge on any atom is -0.464 e. The second-order valence-electron chi connectivity index (χ2n) is 5.71. The predicted octanol–water partition coefficient (Wildman–Crippen LogP) is 1.83. The van der Waals surface area contributed by atoms with Gasteiger partial charge in [-0.25, -0.2) is 9.78 Å². The molecule has 0 atom stereocenters. The largest absolute Gasteiger partial charge is 0.464 e. The van der Waals surface area contributed by atoms with Crippen molar-refractivity contribution in [2.45, 2.75) is 44.3 Å². The highest BCUT2D eigenvalue weighted by molar-refractivity contribution is 5.87. The Kier molecular flexibility index (Phi) is 5.70. The predicted molar refractivity (Wildman–Crippen MR) is 82.1 cm³/mol. The van der Waals surface area contributed by atoms with Crippen LogP contribution in [0.25, 0.3) is 0 Å².